The first-order valence-corrected chi connectivity index (χ1v) is 10.0. The summed E-state index contributed by atoms with van der Waals surface area (Å²) in [5.74, 6) is 0.436. The van der Waals surface area contributed by atoms with Crippen LogP contribution in [-0.4, -0.2) is 25.7 Å². The molecule has 3 aromatic heterocycles. The van der Waals surface area contributed by atoms with E-state index in [2.05, 4.69) is 41.2 Å². The lowest BCUT2D eigenvalue weighted by Gasteiger charge is -2.13. The zero-order valence-electron chi connectivity index (χ0n) is 16.7. The summed E-state index contributed by atoms with van der Waals surface area (Å²) in [5.41, 5.74) is 8.66. The maximum absolute atomic E-state index is 12.4. The summed E-state index contributed by atoms with van der Waals surface area (Å²) in [5, 5.41) is 8.02. The third-order valence-corrected chi connectivity index (χ3v) is 5.36. The number of anilines is 2. The molecule has 0 radical (unpaired) electrons. The van der Waals surface area contributed by atoms with E-state index in [0.29, 0.717) is 10.9 Å². The van der Waals surface area contributed by atoms with Gasteiger partial charge in [-0.05, 0) is 36.6 Å². The summed E-state index contributed by atoms with van der Waals surface area (Å²) >= 11 is 1.50. The maximum atomic E-state index is 12.4. The van der Waals surface area contributed by atoms with Crippen molar-refractivity contribution in [3.63, 3.8) is 0 Å². The second-order valence-electron chi connectivity index (χ2n) is 7.84. The molecule has 0 saturated heterocycles. The van der Waals surface area contributed by atoms with Gasteiger partial charge in [0, 0.05) is 35.4 Å². The first-order chi connectivity index (χ1) is 13.2. The molecule has 3 heterocycles. The number of hydrogen-bond donors (Lipinski definition) is 2. The van der Waals surface area contributed by atoms with Gasteiger partial charge in [-0.1, -0.05) is 20.8 Å². The monoisotopic (exact) mass is 398 g/mol. The number of carbonyl (C=O) groups is 1. The lowest BCUT2D eigenvalue weighted by atomic mass is 9.92. The van der Waals surface area contributed by atoms with E-state index in [1.807, 2.05) is 31.4 Å². The van der Waals surface area contributed by atoms with E-state index in [4.69, 9.17) is 5.73 Å². The van der Waals surface area contributed by atoms with E-state index >= 15 is 0 Å². The Balaban J connectivity index is 1.56. The number of nitrogens with two attached hydrogens (primary N) is 1. The van der Waals surface area contributed by atoms with Crippen molar-refractivity contribution >= 4 is 28.2 Å². The summed E-state index contributed by atoms with van der Waals surface area (Å²) in [6.45, 7) is 6.32. The summed E-state index contributed by atoms with van der Waals surface area (Å²) in [4.78, 5) is 21.8. The van der Waals surface area contributed by atoms with Gasteiger partial charge in [0.15, 0.2) is 5.13 Å². The van der Waals surface area contributed by atoms with Gasteiger partial charge in [0.05, 0.1) is 12.1 Å². The molecule has 0 aliphatic carbocycles. The van der Waals surface area contributed by atoms with E-state index < -0.39 is 0 Å². The van der Waals surface area contributed by atoms with Crippen LogP contribution in [0.2, 0.25) is 0 Å². The molecule has 0 atom stereocenters. The molecule has 0 saturated carbocycles. The Morgan fingerprint density at radius 3 is 2.71 bits per heavy atom. The minimum atomic E-state index is -0.0914. The first-order valence-electron chi connectivity index (χ1n) is 9.19. The van der Waals surface area contributed by atoms with Crippen LogP contribution in [0.1, 0.15) is 42.6 Å². The Bertz CT molecular complexity index is 969. The van der Waals surface area contributed by atoms with Gasteiger partial charge < -0.3 is 11.1 Å². The van der Waals surface area contributed by atoms with Gasteiger partial charge in [-0.2, -0.15) is 5.10 Å². The van der Waals surface area contributed by atoms with Gasteiger partial charge in [0.1, 0.15) is 5.82 Å². The summed E-state index contributed by atoms with van der Waals surface area (Å²) in [6, 6.07) is 5.83. The van der Waals surface area contributed by atoms with Crippen LogP contribution in [0.25, 0.3) is 0 Å². The lowest BCUT2D eigenvalue weighted by molar-refractivity contribution is -0.115. The Labute approximate surface area is 169 Å². The highest BCUT2D eigenvalue weighted by Crippen LogP contribution is 2.23. The van der Waals surface area contributed by atoms with Crippen molar-refractivity contribution in [2.45, 2.75) is 45.4 Å². The van der Waals surface area contributed by atoms with Gasteiger partial charge in [-0.15, -0.1) is 11.3 Å². The quantitative estimate of drug-likeness (QED) is 0.665. The molecule has 0 bridgehead atoms. The number of nitrogen functional groups attached to an aromatic ring is 1. The van der Waals surface area contributed by atoms with Crippen molar-refractivity contribution in [3.8, 4) is 0 Å². The SMILES string of the molecule is Cn1nc(C(C)(C)C)cc1CC(=O)Nc1ncc(CCc2ccnc(N)c2)s1. The van der Waals surface area contributed by atoms with Gasteiger partial charge in [-0.3, -0.25) is 9.48 Å². The van der Waals surface area contributed by atoms with E-state index in [9.17, 15) is 4.79 Å². The van der Waals surface area contributed by atoms with Crippen molar-refractivity contribution in [2.75, 3.05) is 11.1 Å². The lowest BCUT2D eigenvalue weighted by Crippen LogP contribution is -2.16. The number of thiazole rings is 1. The fourth-order valence-electron chi connectivity index (χ4n) is 2.76. The number of nitrogens with zero attached hydrogens (tertiary/aromatic N) is 4. The molecule has 0 aromatic carbocycles. The van der Waals surface area contributed by atoms with Gasteiger partial charge >= 0.3 is 0 Å². The van der Waals surface area contributed by atoms with Crippen LogP contribution in [0.15, 0.2) is 30.6 Å². The minimum absolute atomic E-state index is 0.0455. The minimum Gasteiger partial charge on any atom is -0.384 e. The number of carbonyl (C=O) groups excluding carboxylic acids is 1. The summed E-state index contributed by atoms with van der Waals surface area (Å²) in [7, 11) is 1.87. The predicted molar refractivity (Wildman–Crippen MR) is 112 cm³/mol. The number of pyridine rings is 1. The molecule has 28 heavy (non-hydrogen) atoms. The van der Waals surface area contributed by atoms with Crippen LogP contribution in [0.4, 0.5) is 10.9 Å². The molecule has 0 aliphatic rings. The Morgan fingerprint density at radius 1 is 1.25 bits per heavy atom. The van der Waals surface area contributed by atoms with Crippen LogP contribution in [0.5, 0.6) is 0 Å². The molecule has 148 valence electrons. The topological polar surface area (TPSA) is 98.7 Å². The van der Waals surface area contributed by atoms with Crippen LogP contribution in [0.3, 0.4) is 0 Å². The second kappa shape index (κ2) is 8.10. The number of nitrogens with one attached hydrogen (secondary N) is 1. The number of aromatic nitrogens is 4. The highest BCUT2D eigenvalue weighted by molar-refractivity contribution is 7.15. The molecule has 0 unspecified atom stereocenters. The normalized spacial score (nSPS) is 11.6. The first kappa shape index (κ1) is 20.0. The smallest absolute Gasteiger partial charge is 0.232 e. The van der Waals surface area contributed by atoms with E-state index in [0.717, 1.165) is 34.7 Å². The molecule has 8 heteroatoms. The molecule has 1 amide bonds. The molecular weight excluding hydrogens is 372 g/mol. The average molecular weight is 399 g/mol. The van der Waals surface area contributed by atoms with Crippen LogP contribution < -0.4 is 11.1 Å². The fourth-order valence-corrected chi connectivity index (χ4v) is 3.59. The molecule has 3 rings (SSSR count). The predicted octanol–water partition coefficient (Wildman–Crippen LogP) is 3.12. The number of rotatable bonds is 6. The van der Waals surface area contributed by atoms with Crippen molar-refractivity contribution in [1.82, 2.24) is 19.7 Å². The van der Waals surface area contributed by atoms with Crippen molar-refractivity contribution in [2.24, 2.45) is 7.05 Å². The number of amides is 1. The molecular formula is C20H26N6OS. The molecule has 0 fully saturated rings. The third kappa shape index (κ3) is 5.16. The average Bonchev–Trinajstić information content (AvgIpc) is 3.20. The highest BCUT2D eigenvalue weighted by Gasteiger charge is 2.20. The molecule has 0 spiro atoms. The van der Waals surface area contributed by atoms with Crippen LogP contribution >= 0.6 is 11.3 Å². The van der Waals surface area contributed by atoms with E-state index in [1.54, 1.807) is 10.9 Å². The summed E-state index contributed by atoms with van der Waals surface area (Å²) in [6.07, 6.45) is 5.49. The Hall–Kier alpha value is -2.74. The zero-order chi connectivity index (χ0) is 20.3. The van der Waals surface area contributed by atoms with Gasteiger partial charge in [0.25, 0.3) is 0 Å². The molecule has 0 aliphatic heterocycles. The number of hydrogen-bond acceptors (Lipinski definition) is 6. The fraction of sp³-hybridized carbons (Fsp3) is 0.400. The van der Waals surface area contributed by atoms with Crippen molar-refractivity contribution < 1.29 is 4.79 Å². The highest BCUT2D eigenvalue weighted by atomic mass is 32.1. The van der Waals surface area contributed by atoms with Gasteiger partial charge in [-0.25, -0.2) is 9.97 Å². The Morgan fingerprint density at radius 2 is 2.04 bits per heavy atom. The van der Waals surface area contributed by atoms with Crippen molar-refractivity contribution in [3.05, 3.63) is 52.4 Å². The largest absolute Gasteiger partial charge is 0.384 e. The maximum Gasteiger partial charge on any atom is 0.232 e. The Kier molecular flexibility index (Phi) is 5.79. The van der Waals surface area contributed by atoms with Gasteiger partial charge in [0.2, 0.25) is 5.91 Å². The second-order valence-corrected chi connectivity index (χ2v) is 8.96. The van der Waals surface area contributed by atoms with E-state index in [-0.39, 0.29) is 17.7 Å². The number of aryl methyl sites for hydroxylation is 3. The van der Waals surface area contributed by atoms with Crippen molar-refractivity contribution in [1.29, 1.82) is 0 Å². The zero-order valence-corrected chi connectivity index (χ0v) is 17.5. The van der Waals surface area contributed by atoms with Crippen LogP contribution in [-0.2, 0) is 36.5 Å². The molecule has 7 nitrogen and oxygen atoms in total. The van der Waals surface area contributed by atoms with Crippen LogP contribution in [0, 0.1) is 0 Å². The molecule has 3 N–H and O–H groups in total. The third-order valence-electron chi connectivity index (χ3n) is 4.39. The summed E-state index contributed by atoms with van der Waals surface area (Å²) < 4.78 is 1.77. The van der Waals surface area contributed by atoms with E-state index in [1.165, 1.54) is 11.3 Å². The molecule has 3 aromatic rings. The standard InChI is InChI=1S/C20H26N6OS/c1-20(2,3)16-10-14(26(4)25-16)11-18(27)24-19-23-12-15(28-19)6-5-13-7-8-22-17(21)9-13/h7-10,12H,5-6,11H2,1-4H3,(H2,21,22)(H,23,24,27).